The molecule has 3 aromatic carbocycles. The topological polar surface area (TPSA) is 72.5 Å². The smallest absolute Gasteiger partial charge is 0.340 e. The highest BCUT2D eigenvalue weighted by Gasteiger charge is 2.17. The summed E-state index contributed by atoms with van der Waals surface area (Å²) in [5, 5.41) is 0. The van der Waals surface area contributed by atoms with Crippen LogP contribution in [0.4, 0.5) is 0 Å². The molecule has 0 aliphatic rings. The molecule has 3 rings (SSSR count). The van der Waals surface area contributed by atoms with E-state index in [0.717, 1.165) is 16.7 Å². The third-order valence-corrected chi connectivity index (χ3v) is 5.81. The zero-order valence-corrected chi connectivity index (χ0v) is 17.6. The lowest BCUT2D eigenvalue weighted by Gasteiger charge is -2.10. The van der Waals surface area contributed by atoms with Gasteiger partial charge >= 0.3 is 5.97 Å². The molecule has 154 valence electrons. The maximum absolute atomic E-state index is 12.6. The number of ether oxygens (including phenoxy) is 1. The molecule has 0 saturated carbocycles. The van der Waals surface area contributed by atoms with Crippen LogP contribution in [0, 0.1) is 6.92 Å². The fourth-order valence-corrected chi connectivity index (χ4v) is 3.77. The van der Waals surface area contributed by atoms with Crippen molar-refractivity contribution in [2.24, 2.45) is 0 Å². The first-order valence-corrected chi connectivity index (χ1v) is 11.0. The van der Waals surface area contributed by atoms with Crippen molar-refractivity contribution >= 4 is 21.6 Å². The number of carbonyl (C=O) groups excluding carboxylic acids is 1. The van der Waals surface area contributed by atoms with Crippen molar-refractivity contribution in [2.75, 3.05) is 6.61 Å². The Morgan fingerprint density at radius 3 is 2.10 bits per heavy atom. The van der Waals surface area contributed by atoms with Crippen molar-refractivity contribution in [3.05, 3.63) is 96.2 Å². The van der Waals surface area contributed by atoms with Crippen LogP contribution in [0.5, 0.6) is 0 Å². The van der Waals surface area contributed by atoms with Crippen LogP contribution < -0.4 is 4.72 Å². The summed E-state index contributed by atoms with van der Waals surface area (Å²) in [7, 11) is -3.81. The molecular weight excluding hydrogens is 398 g/mol. The van der Waals surface area contributed by atoms with Crippen LogP contribution in [-0.4, -0.2) is 21.0 Å². The van der Waals surface area contributed by atoms with Gasteiger partial charge in [-0.05, 0) is 42.7 Å². The Bertz CT molecular complexity index is 1130. The van der Waals surface area contributed by atoms with E-state index in [1.54, 1.807) is 31.2 Å². The number of carbonyl (C=O) groups is 1. The molecule has 0 heterocycles. The lowest BCUT2D eigenvalue weighted by Crippen LogP contribution is -2.20. The summed E-state index contributed by atoms with van der Waals surface area (Å²) in [5.41, 5.74) is 3.68. The van der Waals surface area contributed by atoms with Crippen molar-refractivity contribution in [3.63, 3.8) is 0 Å². The number of hydrogen-bond acceptors (Lipinski definition) is 4. The molecule has 5 nitrogen and oxygen atoms in total. The van der Waals surface area contributed by atoms with Crippen molar-refractivity contribution in [2.45, 2.75) is 18.7 Å². The van der Waals surface area contributed by atoms with Crippen molar-refractivity contribution < 1.29 is 17.9 Å². The number of hydrogen-bond donors (Lipinski definition) is 1. The number of rotatable bonds is 7. The molecule has 3 aromatic rings. The zero-order chi connectivity index (χ0) is 21.6. The summed E-state index contributed by atoms with van der Waals surface area (Å²) in [6, 6.07) is 23.6. The lowest BCUT2D eigenvalue weighted by molar-refractivity contribution is -0.136. The Morgan fingerprint density at radius 1 is 0.900 bits per heavy atom. The van der Waals surface area contributed by atoms with Gasteiger partial charge in [0.25, 0.3) is 10.0 Å². The van der Waals surface area contributed by atoms with Gasteiger partial charge in [0.1, 0.15) is 0 Å². The minimum atomic E-state index is -3.81. The molecule has 0 saturated heterocycles. The van der Waals surface area contributed by atoms with E-state index in [4.69, 9.17) is 4.74 Å². The second-order valence-corrected chi connectivity index (χ2v) is 8.37. The first-order valence-electron chi connectivity index (χ1n) is 9.53. The largest absolute Gasteiger partial charge is 0.462 e. The predicted molar refractivity (Wildman–Crippen MR) is 118 cm³/mol. The molecule has 0 atom stereocenters. The van der Waals surface area contributed by atoms with Crippen LogP contribution in [0.25, 0.3) is 16.7 Å². The Balaban J connectivity index is 1.91. The average Bonchev–Trinajstić information content (AvgIpc) is 2.75. The summed E-state index contributed by atoms with van der Waals surface area (Å²) < 4.78 is 32.7. The fraction of sp³-hybridized carbons (Fsp3) is 0.125. The van der Waals surface area contributed by atoms with Crippen molar-refractivity contribution in [1.82, 2.24) is 4.72 Å². The first kappa shape index (κ1) is 21.3. The normalized spacial score (nSPS) is 11.7. The fourth-order valence-electron chi connectivity index (χ4n) is 2.86. The predicted octanol–water partition coefficient (Wildman–Crippen LogP) is 4.54. The van der Waals surface area contributed by atoms with Gasteiger partial charge in [-0.3, -0.25) is 4.72 Å². The molecule has 6 heteroatoms. The number of nitrogens with one attached hydrogen (secondary N) is 1. The highest BCUT2D eigenvalue weighted by molar-refractivity contribution is 7.89. The Kier molecular flexibility index (Phi) is 6.69. The number of esters is 1. The molecule has 0 amide bonds. The average molecular weight is 422 g/mol. The Hall–Kier alpha value is -3.38. The van der Waals surface area contributed by atoms with Gasteiger partial charge in [0.15, 0.2) is 0 Å². The van der Waals surface area contributed by atoms with Crippen molar-refractivity contribution in [3.8, 4) is 11.1 Å². The monoisotopic (exact) mass is 421 g/mol. The molecule has 0 aliphatic heterocycles. The maximum atomic E-state index is 12.6. The number of sulfonamides is 1. The van der Waals surface area contributed by atoms with Crippen LogP contribution in [0.1, 0.15) is 18.1 Å². The van der Waals surface area contributed by atoms with E-state index in [-0.39, 0.29) is 17.1 Å². The third-order valence-electron chi connectivity index (χ3n) is 4.49. The molecule has 0 aromatic heterocycles. The van der Waals surface area contributed by atoms with E-state index in [2.05, 4.69) is 4.72 Å². The van der Waals surface area contributed by atoms with Gasteiger partial charge in [-0.15, -0.1) is 0 Å². The summed E-state index contributed by atoms with van der Waals surface area (Å²) in [6.07, 6.45) is 1.19. The van der Waals surface area contributed by atoms with Gasteiger partial charge in [0.05, 0.1) is 17.1 Å². The molecule has 1 N–H and O–H groups in total. The molecule has 0 fully saturated rings. The minimum Gasteiger partial charge on any atom is -0.462 e. The summed E-state index contributed by atoms with van der Waals surface area (Å²) >= 11 is 0. The van der Waals surface area contributed by atoms with Gasteiger partial charge < -0.3 is 4.74 Å². The molecular formula is C24H23NO4S. The lowest BCUT2D eigenvalue weighted by atomic mass is 10.0. The van der Waals surface area contributed by atoms with Crippen molar-refractivity contribution in [1.29, 1.82) is 0 Å². The Morgan fingerprint density at radius 2 is 1.50 bits per heavy atom. The highest BCUT2D eigenvalue weighted by Crippen LogP contribution is 2.23. The minimum absolute atomic E-state index is 0.118. The SMILES string of the molecule is CCOC(=O)/C(=C/NS(=O)(=O)c1ccc(C)cc1)c1ccc(-c2ccccc2)cc1. The number of benzene rings is 3. The highest BCUT2D eigenvalue weighted by atomic mass is 32.2. The van der Waals surface area contributed by atoms with Gasteiger partial charge in [-0.2, -0.15) is 0 Å². The van der Waals surface area contributed by atoms with Gasteiger partial charge in [-0.1, -0.05) is 72.3 Å². The van der Waals surface area contributed by atoms with Crippen LogP contribution in [0.15, 0.2) is 90.0 Å². The molecule has 0 spiro atoms. The second kappa shape index (κ2) is 9.41. The first-order chi connectivity index (χ1) is 14.4. The van der Waals surface area contributed by atoms with Crippen LogP contribution >= 0.6 is 0 Å². The van der Waals surface area contributed by atoms with E-state index in [0.29, 0.717) is 5.56 Å². The molecule has 0 unspecified atom stereocenters. The summed E-state index contributed by atoms with van der Waals surface area (Å²) in [4.78, 5) is 12.6. The molecule has 0 radical (unpaired) electrons. The zero-order valence-electron chi connectivity index (χ0n) is 16.8. The molecule has 0 bridgehead atoms. The number of aryl methyl sites for hydroxylation is 1. The van der Waals surface area contributed by atoms with E-state index in [1.807, 2.05) is 49.4 Å². The van der Waals surface area contributed by atoms with E-state index >= 15 is 0 Å². The van der Waals surface area contributed by atoms with Crippen LogP contribution in [0.2, 0.25) is 0 Å². The summed E-state index contributed by atoms with van der Waals surface area (Å²) in [5.74, 6) is -0.600. The second-order valence-electron chi connectivity index (χ2n) is 6.66. The van der Waals surface area contributed by atoms with Crippen LogP contribution in [-0.2, 0) is 19.6 Å². The molecule has 0 aliphatic carbocycles. The van der Waals surface area contributed by atoms with Gasteiger partial charge in [0.2, 0.25) is 0 Å². The summed E-state index contributed by atoms with van der Waals surface area (Å²) in [6.45, 7) is 3.76. The standard InChI is InChI=1S/C24H23NO4S/c1-3-29-24(26)23(17-25-30(27,28)22-15-9-18(2)10-16-22)21-13-11-20(12-14-21)19-7-5-4-6-8-19/h4-17,25H,3H2,1-2H3/b23-17+. The van der Waals surface area contributed by atoms with Gasteiger partial charge in [-0.25, -0.2) is 13.2 Å². The van der Waals surface area contributed by atoms with Gasteiger partial charge in [0, 0.05) is 6.20 Å². The van der Waals surface area contributed by atoms with E-state index in [1.165, 1.54) is 18.3 Å². The maximum Gasteiger partial charge on any atom is 0.340 e. The Labute approximate surface area is 177 Å². The third kappa shape index (κ3) is 5.15. The van der Waals surface area contributed by atoms with Crippen LogP contribution in [0.3, 0.4) is 0 Å². The molecule has 30 heavy (non-hydrogen) atoms. The van der Waals surface area contributed by atoms with E-state index < -0.39 is 16.0 Å². The van der Waals surface area contributed by atoms with E-state index in [9.17, 15) is 13.2 Å². The quantitative estimate of drug-likeness (QED) is 0.449.